The highest BCUT2D eigenvalue weighted by molar-refractivity contribution is 7.10. The van der Waals surface area contributed by atoms with E-state index in [0.29, 0.717) is 0 Å². The molecule has 0 aliphatic heterocycles. The van der Waals surface area contributed by atoms with E-state index in [-0.39, 0.29) is 6.04 Å². The Morgan fingerprint density at radius 3 is 2.84 bits per heavy atom. The molecule has 0 aliphatic carbocycles. The van der Waals surface area contributed by atoms with Crippen molar-refractivity contribution in [1.29, 1.82) is 0 Å². The largest absolute Gasteiger partial charge is 0.376 e. The molecule has 3 aromatic rings. The van der Waals surface area contributed by atoms with Crippen LogP contribution in [-0.2, 0) is 0 Å². The Morgan fingerprint density at radius 2 is 2.11 bits per heavy atom. The third kappa shape index (κ3) is 2.51. The van der Waals surface area contributed by atoms with Crippen molar-refractivity contribution in [3.8, 4) is 5.69 Å². The monoisotopic (exact) mass is 270 g/mol. The highest BCUT2D eigenvalue weighted by Crippen LogP contribution is 2.26. The first-order chi connectivity index (χ1) is 9.34. The van der Waals surface area contributed by atoms with Gasteiger partial charge in [0, 0.05) is 4.88 Å². The van der Waals surface area contributed by atoms with Crippen LogP contribution in [0.1, 0.15) is 17.8 Å². The molecule has 1 atom stereocenters. The van der Waals surface area contributed by atoms with Crippen molar-refractivity contribution in [3.05, 3.63) is 59.3 Å². The summed E-state index contributed by atoms with van der Waals surface area (Å²) in [4.78, 5) is 5.31. The molecule has 2 aromatic heterocycles. The van der Waals surface area contributed by atoms with E-state index < -0.39 is 0 Å². The van der Waals surface area contributed by atoms with Crippen molar-refractivity contribution >= 4 is 17.0 Å². The first-order valence-electron chi connectivity index (χ1n) is 6.08. The fourth-order valence-electron chi connectivity index (χ4n) is 1.97. The van der Waals surface area contributed by atoms with Crippen molar-refractivity contribution in [1.82, 2.24) is 14.8 Å². The van der Waals surface area contributed by atoms with Crippen LogP contribution in [-0.4, -0.2) is 14.8 Å². The molecule has 0 bridgehead atoms. The maximum Gasteiger partial charge on any atom is 0.138 e. The van der Waals surface area contributed by atoms with E-state index in [2.05, 4.69) is 45.9 Å². The fraction of sp³-hybridized carbons (Fsp3) is 0.143. The topological polar surface area (TPSA) is 42.7 Å². The van der Waals surface area contributed by atoms with Crippen LogP contribution in [0.25, 0.3) is 5.69 Å². The SMILES string of the molecule is CC(Nc1ccccc1-n1cncn1)c1cccs1. The predicted molar refractivity (Wildman–Crippen MR) is 77.7 cm³/mol. The Bertz CT molecular complexity index is 631. The summed E-state index contributed by atoms with van der Waals surface area (Å²) in [6.07, 6.45) is 3.25. The summed E-state index contributed by atoms with van der Waals surface area (Å²) in [7, 11) is 0. The maximum atomic E-state index is 4.19. The summed E-state index contributed by atoms with van der Waals surface area (Å²) in [5, 5.41) is 9.80. The molecule has 1 aromatic carbocycles. The van der Waals surface area contributed by atoms with Crippen molar-refractivity contribution < 1.29 is 0 Å². The van der Waals surface area contributed by atoms with Crippen LogP contribution in [0.15, 0.2) is 54.4 Å². The number of para-hydroxylation sites is 2. The number of hydrogen-bond acceptors (Lipinski definition) is 4. The van der Waals surface area contributed by atoms with Crippen LogP contribution >= 0.6 is 11.3 Å². The van der Waals surface area contributed by atoms with Gasteiger partial charge in [0.05, 0.1) is 17.4 Å². The predicted octanol–water partition coefficient (Wildman–Crippen LogP) is 3.50. The second-order valence-electron chi connectivity index (χ2n) is 4.24. The lowest BCUT2D eigenvalue weighted by Gasteiger charge is -2.16. The molecule has 4 nitrogen and oxygen atoms in total. The molecule has 1 N–H and O–H groups in total. The van der Waals surface area contributed by atoms with Gasteiger partial charge < -0.3 is 5.32 Å². The van der Waals surface area contributed by atoms with E-state index in [1.165, 1.54) is 4.88 Å². The number of benzene rings is 1. The van der Waals surface area contributed by atoms with Crippen molar-refractivity contribution in [3.63, 3.8) is 0 Å². The second-order valence-corrected chi connectivity index (χ2v) is 5.22. The minimum Gasteiger partial charge on any atom is -0.376 e. The molecule has 19 heavy (non-hydrogen) atoms. The van der Waals surface area contributed by atoms with Crippen molar-refractivity contribution in [2.45, 2.75) is 13.0 Å². The van der Waals surface area contributed by atoms with Gasteiger partial charge in [-0.05, 0) is 30.5 Å². The summed E-state index contributed by atoms with van der Waals surface area (Å²) in [5.41, 5.74) is 2.05. The number of thiophene rings is 1. The maximum absolute atomic E-state index is 4.19. The number of nitrogens with zero attached hydrogens (tertiary/aromatic N) is 3. The molecule has 0 spiro atoms. The highest BCUT2D eigenvalue weighted by atomic mass is 32.1. The Kier molecular flexibility index (Phi) is 3.29. The Labute approximate surface area is 115 Å². The quantitative estimate of drug-likeness (QED) is 0.789. The number of nitrogens with one attached hydrogen (secondary N) is 1. The van der Waals surface area contributed by atoms with Gasteiger partial charge in [-0.1, -0.05) is 18.2 Å². The van der Waals surface area contributed by atoms with Gasteiger partial charge in [-0.3, -0.25) is 0 Å². The highest BCUT2D eigenvalue weighted by Gasteiger charge is 2.10. The van der Waals surface area contributed by atoms with Crippen LogP contribution < -0.4 is 5.32 Å². The zero-order chi connectivity index (χ0) is 13.1. The molecule has 3 rings (SSSR count). The second kappa shape index (κ2) is 5.24. The van der Waals surface area contributed by atoms with E-state index in [1.54, 1.807) is 28.7 Å². The molecular formula is C14H14N4S. The van der Waals surface area contributed by atoms with Gasteiger partial charge in [-0.2, -0.15) is 5.10 Å². The van der Waals surface area contributed by atoms with Gasteiger partial charge in [-0.15, -0.1) is 11.3 Å². The average Bonchev–Trinajstić information content (AvgIpc) is 3.13. The lowest BCUT2D eigenvalue weighted by atomic mass is 10.2. The number of rotatable bonds is 4. The molecule has 96 valence electrons. The lowest BCUT2D eigenvalue weighted by Crippen LogP contribution is -2.08. The van der Waals surface area contributed by atoms with Crippen LogP contribution in [0.2, 0.25) is 0 Å². The Balaban J connectivity index is 1.89. The van der Waals surface area contributed by atoms with Gasteiger partial charge in [0.25, 0.3) is 0 Å². The summed E-state index contributed by atoms with van der Waals surface area (Å²) >= 11 is 1.76. The molecule has 0 amide bonds. The normalized spacial score (nSPS) is 12.3. The number of aromatic nitrogens is 3. The fourth-order valence-corrected chi connectivity index (χ4v) is 2.70. The smallest absolute Gasteiger partial charge is 0.138 e. The summed E-state index contributed by atoms with van der Waals surface area (Å²) in [5.74, 6) is 0. The van der Waals surface area contributed by atoms with Crippen LogP contribution in [0.3, 0.4) is 0 Å². The molecule has 2 heterocycles. The van der Waals surface area contributed by atoms with E-state index in [9.17, 15) is 0 Å². The molecular weight excluding hydrogens is 256 g/mol. The standard InChI is InChI=1S/C14H14N4S/c1-11(14-7-4-8-19-14)17-12-5-2-3-6-13(12)18-10-15-9-16-18/h2-11,17H,1H3. The summed E-state index contributed by atoms with van der Waals surface area (Å²) < 4.78 is 1.77. The van der Waals surface area contributed by atoms with Gasteiger partial charge in [0.15, 0.2) is 0 Å². The van der Waals surface area contributed by atoms with Crippen molar-refractivity contribution in [2.24, 2.45) is 0 Å². The van der Waals surface area contributed by atoms with Gasteiger partial charge in [0.1, 0.15) is 12.7 Å². The van der Waals surface area contributed by atoms with Crippen molar-refractivity contribution in [2.75, 3.05) is 5.32 Å². The molecule has 0 aliphatic rings. The van der Waals surface area contributed by atoms with Gasteiger partial charge >= 0.3 is 0 Å². The average molecular weight is 270 g/mol. The first kappa shape index (κ1) is 11.9. The minimum absolute atomic E-state index is 0.268. The zero-order valence-electron chi connectivity index (χ0n) is 10.5. The van der Waals surface area contributed by atoms with Crippen LogP contribution in [0, 0.1) is 0 Å². The van der Waals surface area contributed by atoms with Gasteiger partial charge in [-0.25, -0.2) is 9.67 Å². The van der Waals surface area contributed by atoms with Gasteiger partial charge in [0.2, 0.25) is 0 Å². The Hall–Kier alpha value is -2.14. The third-order valence-corrected chi connectivity index (χ3v) is 3.97. The van der Waals surface area contributed by atoms with E-state index >= 15 is 0 Å². The molecule has 0 fully saturated rings. The molecule has 5 heteroatoms. The number of hydrogen-bond donors (Lipinski definition) is 1. The van der Waals surface area contributed by atoms with Crippen LogP contribution in [0.4, 0.5) is 5.69 Å². The Morgan fingerprint density at radius 1 is 1.21 bits per heavy atom. The minimum atomic E-state index is 0.268. The summed E-state index contributed by atoms with van der Waals surface area (Å²) in [6, 6.07) is 12.6. The molecule has 0 saturated heterocycles. The molecule has 0 saturated carbocycles. The van der Waals surface area contributed by atoms with E-state index in [4.69, 9.17) is 0 Å². The lowest BCUT2D eigenvalue weighted by molar-refractivity contribution is 0.860. The molecule has 1 unspecified atom stereocenters. The number of anilines is 1. The van der Waals surface area contributed by atoms with E-state index in [0.717, 1.165) is 11.4 Å². The third-order valence-electron chi connectivity index (χ3n) is 2.91. The van der Waals surface area contributed by atoms with Crippen LogP contribution in [0.5, 0.6) is 0 Å². The van der Waals surface area contributed by atoms with E-state index in [1.807, 2.05) is 18.2 Å². The molecule has 0 radical (unpaired) electrons. The first-order valence-corrected chi connectivity index (χ1v) is 6.96. The zero-order valence-corrected chi connectivity index (χ0v) is 11.3. The summed E-state index contributed by atoms with van der Waals surface area (Å²) in [6.45, 7) is 2.16.